The summed E-state index contributed by atoms with van der Waals surface area (Å²) in [6.07, 6.45) is 4.87. The Bertz CT molecular complexity index is 479. The lowest BCUT2D eigenvalue weighted by atomic mass is 9.89. The minimum atomic E-state index is 0.248. The summed E-state index contributed by atoms with van der Waals surface area (Å²) in [5.74, 6) is 1.42. The molecular weight excluding hydrogens is 256 g/mol. The summed E-state index contributed by atoms with van der Waals surface area (Å²) in [5, 5.41) is 0. The minimum Gasteiger partial charge on any atom is -0.474 e. The van der Waals surface area contributed by atoms with E-state index in [2.05, 4.69) is 11.9 Å². The van der Waals surface area contributed by atoms with Crippen LogP contribution in [0.3, 0.4) is 0 Å². The molecule has 0 amide bonds. The Hall–Kier alpha value is -1.16. The number of thiocarbonyl (C=S) groups is 1. The molecule has 19 heavy (non-hydrogen) atoms. The molecule has 1 aliphatic rings. The van der Waals surface area contributed by atoms with Crippen LogP contribution in [0.2, 0.25) is 0 Å². The third-order valence-corrected chi connectivity index (χ3v) is 4.00. The van der Waals surface area contributed by atoms with Crippen LogP contribution >= 0.6 is 12.2 Å². The molecule has 0 spiro atoms. The van der Waals surface area contributed by atoms with Gasteiger partial charge in [0.05, 0.1) is 5.56 Å². The van der Waals surface area contributed by atoms with Crippen molar-refractivity contribution in [3.05, 3.63) is 22.9 Å². The molecule has 0 saturated heterocycles. The van der Waals surface area contributed by atoms with Crippen LogP contribution in [-0.2, 0) is 0 Å². The van der Waals surface area contributed by atoms with Gasteiger partial charge in [-0.2, -0.15) is 0 Å². The summed E-state index contributed by atoms with van der Waals surface area (Å²) < 4.78 is 6.08. The largest absolute Gasteiger partial charge is 0.474 e. The molecule has 0 bridgehead atoms. The highest BCUT2D eigenvalue weighted by molar-refractivity contribution is 7.80. The number of pyridine rings is 1. The third kappa shape index (κ3) is 3.44. The molecule has 2 rings (SSSR count). The molecule has 1 saturated carbocycles. The van der Waals surface area contributed by atoms with Crippen molar-refractivity contribution < 1.29 is 4.74 Å². The monoisotopic (exact) mass is 278 g/mol. The average molecular weight is 278 g/mol. The summed E-state index contributed by atoms with van der Waals surface area (Å²) in [6.45, 7) is 6.26. The maximum Gasteiger partial charge on any atom is 0.224 e. The van der Waals surface area contributed by atoms with E-state index in [0.717, 1.165) is 35.6 Å². The van der Waals surface area contributed by atoms with Crippen molar-refractivity contribution >= 4 is 17.2 Å². The number of hydrogen-bond donors (Lipinski definition) is 1. The number of rotatable bonds is 3. The first-order chi connectivity index (χ1) is 8.97. The van der Waals surface area contributed by atoms with Gasteiger partial charge in [-0.15, -0.1) is 0 Å². The van der Waals surface area contributed by atoms with Crippen molar-refractivity contribution in [1.82, 2.24) is 4.98 Å². The SMILES string of the molecule is Cc1cc(C)c(C(N)=S)c(OC2CCC(C)CC2)n1. The first-order valence-corrected chi connectivity index (χ1v) is 7.33. The number of ether oxygens (including phenoxy) is 1. The Labute approximate surface area is 120 Å². The summed E-state index contributed by atoms with van der Waals surface area (Å²) in [4.78, 5) is 4.84. The van der Waals surface area contributed by atoms with Crippen LogP contribution in [0.15, 0.2) is 6.07 Å². The van der Waals surface area contributed by atoms with E-state index in [9.17, 15) is 0 Å². The van der Waals surface area contributed by atoms with E-state index in [0.29, 0.717) is 10.9 Å². The molecule has 104 valence electrons. The van der Waals surface area contributed by atoms with E-state index in [4.69, 9.17) is 22.7 Å². The Morgan fingerprint density at radius 1 is 1.32 bits per heavy atom. The maximum absolute atomic E-state index is 6.08. The third-order valence-electron chi connectivity index (χ3n) is 3.80. The second kappa shape index (κ2) is 5.87. The maximum atomic E-state index is 6.08. The summed E-state index contributed by atoms with van der Waals surface area (Å²) in [7, 11) is 0. The predicted molar refractivity (Wildman–Crippen MR) is 81.6 cm³/mol. The smallest absolute Gasteiger partial charge is 0.224 e. The van der Waals surface area contributed by atoms with Crippen LogP contribution in [0.25, 0.3) is 0 Å². The van der Waals surface area contributed by atoms with Gasteiger partial charge in [0.1, 0.15) is 11.1 Å². The fourth-order valence-electron chi connectivity index (χ4n) is 2.69. The molecule has 1 aromatic heterocycles. The minimum absolute atomic E-state index is 0.248. The zero-order chi connectivity index (χ0) is 14.0. The average Bonchev–Trinajstić information content (AvgIpc) is 2.30. The van der Waals surface area contributed by atoms with Crippen LogP contribution in [-0.4, -0.2) is 16.1 Å². The molecule has 1 fully saturated rings. The van der Waals surface area contributed by atoms with Crippen molar-refractivity contribution in [1.29, 1.82) is 0 Å². The van der Waals surface area contributed by atoms with Crippen molar-refractivity contribution in [2.45, 2.75) is 52.6 Å². The molecule has 0 unspecified atom stereocenters. The first-order valence-electron chi connectivity index (χ1n) is 6.92. The van der Waals surface area contributed by atoms with Gasteiger partial charge in [-0.3, -0.25) is 0 Å². The second-order valence-electron chi connectivity index (χ2n) is 5.62. The number of nitrogens with two attached hydrogens (primary N) is 1. The summed E-state index contributed by atoms with van der Waals surface area (Å²) in [5.41, 5.74) is 8.58. The Morgan fingerprint density at radius 2 is 1.95 bits per heavy atom. The molecule has 0 atom stereocenters. The van der Waals surface area contributed by atoms with Crippen LogP contribution < -0.4 is 10.5 Å². The van der Waals surface area contributed by atoms with Gasteiger partial charge in [0.15, 0.2) is 0 Å². The molecule has 1 heterocycles. The molecule has 1 aliphatic carbocycles. The van der Waals surface area contributed by atoms with E-state index < -0.39 is 0 Å². The second-order valence-corrected chi connectivity index (χ2v) is 6.06. The van der Waals surface area contributed by atoms with Gasteiger partial charge in [-0.05, 0) is 57.1 Å². The predicted octanol–water partition coefficient (Wildman–Crippen LogP) is 3.29. The van der Waals surface area contributed by atoms with E-state index >= 15 is 0 Å². The van der Waals surface area contributed by atoms with Gasteiger partial charge >= 0.3 is 0 Å². The summed E-state index contributed by atoms with van der Waals surface area (Å²) >= 11 is 5.12. The van der Waals surface area contributed by atoms with Crippen LogP contribution in [0.5, 0.6) is 5.88 Å². The van der Waals surface area contributed by atoms with E-state index in [1.165, 1.54) is 12.8 Å². The highest BCUT2D eigenvalue weighted by atomic mass is 32.1. The lowest BCUT2D eigenvalue weighted by Gasteiger charge is -2.27. The van der Waals surface area contributed by atoms with Gasteiger partial charge < -0.3 is 10.5 Å². The van der Waals surface area contributed by atoms with E-state index in [1.807, 2.05) is 19.9 Å². The van der Waals surface area contributed by atoms with Gasteiger partial charge in [0.25, 0.3) is 0 Å². The van der Waals surface area contributed by atoms with Crippen LogP contribution in [0, 0.1) is 19.8 Å². The van der Waals surface area contributed by atoms with Crippen molar-refractivity contribution in [2.24, 2.45) is 11.7 Å². The first kappa shape index (κ1) is 14.3. The Kier molecular flexibility index (Phi) is 4.40. The Morgan fingerprint density at radius 3 is 2.53 bits per heavy atom. The molecule has 2 N–H and O–H groups in total. The standard InChI is InChI=1S/C15H22N2OS/c1-9-4-6-12(7-5-9)18-15-13(14(16)19)10(2)8-11(3)17-15/h8-9,12H,4-7H2,1-3H3,(H2,16,19). The highest BCUT2D eigenvalue weighted by Gasteiger charge is 2.22. The topological polar surface area (TPSA) is 48.1 Å². The lowest BCUT2D eigenvalue weighted by Crippen LogP contribution is -2.25. The fourth-order valence-corrected chi connectivity index (χ4v) is 2.94. The number of nitrogens with zero attached hydrogens (tertiary/aromatic N) is 1. The molecule has 3 nitrogen and oxygen atoms in total. The van der Waals surface area contributed by atoms with Gasteiger partial charge in [0.2, 0.25) is 5.88 Å². The van der Waals surface area contributed by atoms with Gasteiger partial charge in [-0.25, -0.2) is 4.98 Å². The van der Waals surface area contributed by atoms with E-state index in [-0.39, 0.29) is 6.10 Å². The fraction of sp³-hybridized carbons (Fsp3) is 0.600. The molecule has 1 aromatic rings. The zero-order valence-electron chi connectivity index (χ0n) is 11.9. The Balaban J connectivity index is 2.21. The van der Waals surface area contributed by atoms with Gasteiger partial charge in [0, 0.05) is 5.69 Å². The van der Waals surface area contributed by atoms with Crippen LogP contribution in [0.4, 0.5) is 0 Å². The van der Waals surface area contributed by atoms with Gasteiger partial charge in [-0.1, -0.05) is 19.1 Å². The van der Waals surface area contributed by atoms with E-state index in [1.54, 1.807) is 0 Å². The molecule has 0 aromatic carbocycles. The van der Waals surface area contributed by atoms with Crippen molar-refractivity contribution in [3.8, 4) is 5.88 Å². The zero-order valence-corrected chi connectivity index (χ0v) is 12.7. The number of aromatic nitrogens is 1. The lowest BCUT2D eigenvalue weighted by molar-refractivity contribution is 0.129. The number of aryl methyl sites for hydroxylation is 2. The quantitative estimate of drug-likeness (QED) is 0.862. The van der Waals surface area contributed by atoms with Crippen molar-refractivity contribution in [2.75, 3.05) is 0 Å². The van der Waals surface area contributed by atoms with Crippen LogP contribution in [0.1, 0.15) is 49.4 Å². The summed E-state index contributed by atoms with van der Waals surface area (Å²) in [6, 6.07) is 1.99. The molecular formula is C15H22N2OS. The number of hydrogen-bond acceptors (Lipinski definition) is 3. The normalized spacial score (nSPS) is 23.1. The highest BCUT2D eigenvalue weighted by Crippen LogP contribution is 2.29. The molecule has 4 heteroatoms. The molecule has 0 aliphatic heterocycles. The molecule has 0 radical (unpaired) electrons. The van der Waals surface area contributed by atoms with Crippen molar-refractivity contribution in [3.63, 3.8) is 0 Å².